The molecule has 1 atom stereocenters. The van der Waals surface area contributed by atoms with Gasteiger partial charge in [-0.25, -0.2) is 0 Å². The molecule has 1 saturated heterocycles. The fraction of sp³-hybridized carbons (Fsp3) is 0.316. The summed E-state index contributed by atoms with van der Waals surface area (Å²) in [6.45, 7) is 0.435. The van der Waals surface area contributed by atoms with Gasteiger partial charge in [0.05, 0.1) is 19.8 Å². The van der Waals surface area contributed by atoms with Gasteiger partial charge in [-0.05, 0) is 24.3 Å². The Morgan fingerprint density at radius 1 is 1.15 bits per heavy atom. The van der Waals surface area contributed by atoms with E-state index in [1.807, 2.05) is 6.07 Å². The molecule has 2 aromatic carbocycles. The molecular formula is C19H18F3NO3S. The number of nitrogens with zero attached hydrogens (tertiary/aromatic N) is 1. The maximum atomic E-state index is 13.0. The lowest BCUT2D eigenvalue weighted by molar-refractivity contribution is -0.137. The number of benzene rings is 2. The van der Waals surface area contributed by atoms with Crippen LogP contribution in [0.2, 0.25) is 0 Å². The number of methoxy groups -OCH3 is 2. The van der Waals surface area contributed by atoms with Crippen LogP contribution in [0.15, 0.2) is 42.5 Å². The summed E-state index contributed by atoms with van der Waals surface area (Å²) in [6, 6.07) is 9.88. The second-order valence-corrected chi connectivity index (χ2v) is 7.07. The van der Waals surface area contributed by atoms with E-state index < -0.39 is 17.6 Å². The number of alkyl halides is 3. The Morgan fingerprint density at radius 2 is 1.89 bits per heavy atom. The third kappa shape index (κ3) is 3.85. The number of rotatable bonds is 4. The van der Waals surface area contributed by atoms with Crippen LogP contribution in [0.4, 0.5) is 13.2 Å². The first-order valence-electron chi connectivity index (χ1n) is 8.17. The second kappa shape index (κ2) is 7.72. The number of amides is 1. The minimum absolute atomic E-state index is 0.0131. The largest absolute Gasteiger partial charge is 0.493 e. The Bertz CT molecular complexity index is 841. The number of halogens is 3. The summed E-state index contributed by atoms with van der Waals surface area (Å²) in [4.78, 5) is 14.5. The lowest BCUT2D eigenvalue weighted by Gasteiger charge is -2.26. The molecule has 3 rings (SSSR count). The summed E-state index contributed by atoms with van der Waals surface area (Å²) in [6.07, 6.45) is -4.49. The van der Waals surface area contributed by atoms with Crippen LogP contribution in [0.3, 0.4) is 0 Å². The van der Waals surface area contributed by atoms with E-state index >= 15 is 0 Å². The molecule has 1 aliphatic rings. The van der Waals surface area contributed by atoms with E-state index in [2.05, 4.69) is 0 Å². The van der Waals surface area contributed by atoms with Gasteiger partial charge in [0.25, 0.3) is 5.91 Å². The molecule has 144 valence electrons. The second-order valence-electron chi connectivity index (χ2n) is 5.88. The first-order chi connectivity index (χ1) is 12.9. The Morgan fingerprint density at radius 3 is 2.56 bits per heavy atom. The van der Waals surface area contributed by atoms with Crippen LogP contribution >= 0.6 is 11.8 Å². The van der Waals surface area contributed by atoms with E-state index in [-0.39, 0.29) is 10.9 Å². The molecule has 8 heteroatoms. The first kappa shape index (κ1) is 19.4. The summed E-state index contributed by atoms with van der Waals surface area (Å²) in [5.41, 5.74) is -0.0745. The predicted molar refractivity (Wildman–Crippen MR) is 97.2 cm³/mol. The normalized spacial score (nSPS) is 17.1. The van der Waals surface area contributed by atoms with Crippen molar-refractivity contribution in [1.29, 1.82) is 0 Å². The van der Waals surface area contributed by atoms with Crippen molar-refractivity contribution in [3.63, 3.8) is 0 Å². The van der Waals surface area contributed by atoms with Crippen LogP contribution in [0.5, 0.6) is 11.5 Å². The molecular weight excluding hydrogens is 379 g/mol. The average Bonchev–Trinajstić information content (AvgIpc) is 3.15. The molecule has 1 aliphatic heterocycles. The van der Waals surface area contributed by atoms with Crippen molar-refractivity contribution in [2.24, 2.45) is 0 Å². The highest BCUT2D eigenvalue weighted by Crippen LogP contribution is 2.45. The summed E-state index contributed by atoms with van der Waals surface area (Å²) in [5, 5.41) is -0.364. The predicted octanol–water partition coefficient (Wildman–Crippen LogP) is 4.61. The van der Waals surface area contributed by atoms with Crippen LogP contribution in [-0.2, 0) is 6.18 Å². The number of hydrogen-bond donors (Lipinski definition) is 0. The number of carbonyl (C=O) groups excluding carboxylic acids is 1. The SMILES string of the molecule is COc1cccc(C2SCCN2C(=O)c2cccc(C(F)(F)F)c2)c1OC. The zero-order valence-electron chi connectivity index (χ0n) is 14.7. The van der Waals surface area contributed by atoms with Gasteiger partial charge >= 0.3 is 6.18 Å². The van der Waals surface area contributed by atoms with Gasteiger partial charge in [-0.1, -0.05) is 18.2 Å². The van der Waals surface area contributed by atoms with Gasteiger partial charge in [-0.2, -0.15) is 13.2 Å². The smallest absolute Gasteiger partial charge is 0.416 e. The molecule has 4 nitrogen and oxygen atoms in total. The molecule has 2 aromatic rings. The number of thioether (sulfide) groups is 1. The van der Waals surface area contributed by atoms with Crippen LogP contribution in [0.1, 0.15) is 26.9 Å². The van der Waals surface area contributed by atoms with Crippen LogP contribution < -0.4 is 9.47 Å². The lowest BCUT2D eigenvalue weighted by atomic mass is 10.1. The molecule has 0 spiro atoms. The number of para-hydroxylation sites is 1. The molecule has 1 amide bonds. The molecule has 0 aliphatic carbocycles. The fourth-order valence-corrected chi connectivity index (χ4v) is 4.31. The van der Waals surface area contributed by atoms with Crippen LogP contribution in [0, 0.1) is 0 Å². The maximum Gasteiger partial charge on any atom is 0.416 e. The molecule has 1 heterocycles. The topological polar surface area (TPSA) is 38.8 Å². The maximum absolute atomic E-state index is 13.0. The molecule has 1 unspecified atom stereocenters. The van der Waals surface area contributed by atoms with E-state index in [0.717, 1.165) is 17.7 Å². The lowest BCUT2D eigenvalue weighted by Crippen LogP contribution is -2.30. The third-order valence-electron chi connectivity index (χ3n) is 4.29. The first-order valence-corrected chi connectivity index (χ1v) is 9.22. The highest BCUT2D eigenvalue weighted by atomic mass is 32.2. The number of hydrogen-bond acceptors (Lipinski definition) is 4. The van der Waals surface area contributed by atoms with Gasteiger partial charge in [0.2, 0.25) is 0 Å². The molecule has 0 N–H and O–H groups in total. The summed E-state index contributed by atoms with van der Waals surface area (Å²) >= 11 is 1.53. The molecule has 0 bridgehead atoms. The van der Waals surface area contributed by atoms with Crippen molar-refractivity contribution >= 4 is 17.7 Å². The molecule has 0 aromatic heterocycles. The quantitative estimate of drug-likeness (QED) is 0.755. The highest BCUT2D eigenvalue weighted by Gasteiger charge is 2.35. The van der Waals surface area contributed by atoms with Crippen molar-refractivity contribution in [1.82, 2.24) is 4.90 Å². The van der Waals surface area contributed by atoms with E-state index in [0.29, 0.717) is 23.8 Å². The average molecular weight is 397 g/mol. The summed E-state index contributed by atoms with van der Waals surface area (Å²) in [5.74, 6) is 1.28. The van der Waals surface area contributed by atoms with Gasteiger partial charge < -0.3 is 14.4 Å². The highest BCUT2D eigenvalue weighted by molar-refractivity contribution is 7.99. The van der Waals surface area contributed by atoms with Gasteiger partial charge in [-0.3, -0.25) is 4.79 Å². The monoisotopic (exact) mass is 397 g/mol. The number of ether oxygens (including phenoxy) is 2. The molecule has 27 heavy (non-hydrogen) atoms. The summed E-state index contributed by atoms with van der Waals surface area (Å²) in [7, 11) is 3.04. The minimum Gasteiger partial charge on any atom is -0.493 e. The zero-order valence-corrected chi connectivity index (χ0v) is 15.6. The van der Waals surface area contributed by atoms with Gasteiger partial charge in [0.15, 0.2) is 11.5 Å². The van der Waals surface area contributed by atoms with E-state index in [9.17, 15) is 18.0 Å². The Hall–Kier alpha value is -2.35. The molecule has 1 fully saturated rings. The van der Waals surface area contributed by atoms with E-state index in [1.54, 1.807) is 17.0 Å². The van der Waals surface area contributed by atoms with E-state index in [1.165, 1.54) is 38.1 Å². The van der Waals surface area contributed by atoms with Crippen LogP contribution in [-0.4, -0.2) is 37.3 Å². The molecule has 0 saturated carbocycles. The Kier molecular flexibility index (Phi) is 5.55. The van der Waals surface area contributed by atoms with Gasteiger partial charge in [-0.15, -0.1) is 11.8 Å². The minimum atomic E-state index is -4.49. The zero-order chi connectivity index (χ0) is 19.6. The van der Waals surface area contributed by atoms with Crippen molar-refractivity contribution in [3.05, 3.63) is 59.2 Å². The van der Waals surface area contributed by atoms with Crippen LogP contribution in [0.25, 0.3) is 0 Å². The standard InChI is InChI=1S/C19H18F3NO3S/c1-25-15-8-4-7-14(16(15)26-2)18-23(9-10-27-18)17(24)12-5-3-6-13(11-12)19(20,21)22/h3-8,11,18H,9-10H2,1-2H3. The van der Waals surface area contributed by atoms with Crippen molar-refractivity contribution in [2.75, 3.05) is 26.5 Å². The van der Waals surface area contributed by atoms with Crippen molar-refractivity contribution < 1.29 is 27.4 Å². The summed E-state index contributed by atoms with van der Waals surface area (Å²) < 4.78 is 49.7. The van der Waals surface area contributed by atoms with E-state index in [4.69, 9.17) is 9.47 Å². The van der Waals surface area contributed by atoms with Gasteiger partial charge in [0, 0.05) is 23.4 Å². The van der Waals surface area contributed by atoms with Gasteiger partial charge in [0.1, 0.15) is 5.37 Å². The molecule has 0 radical (unpaired) electrons. The fourth-order valence-electron chi connectivity index (χ4n) is 3.04. The Labute approximate surface area is 159 Å². The number of carbonyl (C=O) groups is 1. The van der Waals surface area contributed by atoms with Crippen molar-refractivity contribution in [3.8, 4) is 11.5 Å². The van der Waals surface area contributed by atoms with Crippen molar-refractivity contribution in [2.45, 2.75) is 11.6 Å². The Balaban J connectivity index is 1.95. The third-order valence-corrected chi connectivity index (χ3v) is 5.53.